The molecule has 0 aliphatic rings. The summed E-state index contributed by atoms with van der Waals surface area (Å²) in [5.41, 5.74) is 4.91. The number of ether oxygens (including phenoxy) is 1. The highest BCUT2D eigenvalue weighted by molar-refractivity contribution is 5.77. The van der Waals surface area contributed by atoms with Crippen molar-refractivity contribution in [3.05, 3.63) is 35.4 Å². The third-order valence-electron chi connectivity index (χ3n) is 1.85. The predicted octanol–water partition coefficient (Wildman–Crippen LogP) is 1.53. The van der Waals surface area contributed by atoms with Crippen molar-refractivity contribution in [2.45, 2.75) is 13.0 Å². The summed E-state index contributed by atoms with van der Waals surface area (Å²) in [6.07, 6.45) is 0. The molecule has 0 radical (unpaired) electrons. The van der Waals surface area contributed by atoms with Gasteiger partial charge in [-0.3, -0.25) is 0 Å². The Morgan fingerprint density at radius 1 is 1.47 bits per heavy atom. The molecule has 0 saturated heterocycles. The van der Waals surface area contributed by atoms with Gasteiger partial charge in [0.25, 0.3) is 0 Å². The molecule has 0 spiro atoms. The normalized spacial score (nSPS) is 12.3. The summed E-state index contributed by atoms with van der Waals surface area (Å²) in [5, 5.41) is 0. The van der Waals surface area contributed by atoms with Crippen molar-refractivity contribution in [2.75, 3.05) is 6.61 Å². The van der Waals surface area contributed by atoms with Gasteiger partial charge in [-0.2, -0.15) is 0 Å². The number of rotatable bonds is 3. The fourth-order valence-corrected chi connectivity index (χ4v) is 1.16. The minimum atomic E-state index is -1.42. The summed E-state index contributed by atoms with van der Waals surface area (Å²) in [6, 6.07) is 1.85. The first-order valence-corrected chi connectivity index (χ1v) is 4.44. The van der Waals surface area contributed by atoms with Crippen LogP contribution in [0.2, 0.25) is 0 Å². The van der Waals surface area contributed by atoms with E-state index in [-0.39, 0.29) is 6.61 Å². The molecule has 0 fully saturated rings. The van der Waals surface area contributed by atoms with Gasteiger partial charge in [-0.15, -0.1) is 0 Å². The van der Waals surface area contributed by atoms with Gasteiger partial charge in [-0.05, 0) is 19.1 Å². The lowest BCUT2D eigenvalue weighted by molar-refractivity contribution is -0.145. The summed E-state index contributed by atoms with van der Waals surface area (Å²) < 4.78 is 30.9. The molecular formula is C10H11F2NO2. The molecule has 1 rings (SSSR count). The van der Waals surface area contributed by atoms with Crippen molar-refractivity contribution < 1.29 is 18.3 Å². The smallest absolute Gasteiger partial charge is 0.327 e. The number of nitrogens with two attached hydrogens (primary N) is 1. The molecule has 0 amide bonds. The van der Waals surface area contributed by atoms with Crippen LogP contribution in [0.3, 0.4) is 0 Å². The van der Waals surface area contributed by atoms with Gasteiger partial charge in [0.1, 0.15) is 17.7 Å². The van der Waals surface area contributed by atoms with Crippen molar-refractivity contribution in [2.24, 2.45) is 5.73 Å². The van der Waals surface area contributed by atoms with E-state index in [1.165, 1.54) is 6.07 Å². The van der Waals surface area contributed by atoms with E-state index in [9.17, 15) is 13.6 Å². The summed E-state index contributed by atoms with van der Waals surface area (Å²) in [4.78, 5) is 11.2. The van der Waals surface area contributed by atoms with Crippen molar-refractivity contribution >= 4 is 5.97 Å². The van der Waals surface area contributed by atoms with E-state index in [2.05, 4.69) is 4.74 Å². The highest BCUT2D eigenvalue weighted by Crippen LogP contribution is 2.19. The summed E-state index contributed by atoms with van der Waals surface area (Å²) >= 11 is 0. The van der Waals surface area contributed by atoms with Crippen LogP contribution in [0.1, 0.15) is 18.5 Å². The highest BCUT2D eigenvalue weighted by atomic mass is 19.1. The summed E-state index contributed by atoms with van der Waals surface area (Å²) in [6.45, 7) is 1.70. The van der Waals surface area contributed by atoms with E-state index >= 15 is 0 Å². The zero-order valence-corrected chi connectivity index (χ0v) is 8.17. The molecular weight excluding hydrogens is 204 g/mol. The Labute approximate surface area is 85.8 Å². The van der Waals surface area contributed by atoms with E-state index < -0.39 is 29.2 Å². The second-order valence-electron chi connectivity index (χ2n) is 2.87. The van der Waals surface area contributed by atoms with E-state index in [1.54, 1.807) is 6.92 Å². The van der Waals surface area contributed by atoms with Gasteiger partial charge in [0.05, 0.1) is 12.2 Å². The van der Waals surface area contributed by atoms with Crippen LogP contribution in [0.4, 0.5) is 8.78 Å². The number of esters is 1. The molecule has 82 valence electrons. The Kier molecular flexibility index (Phi) is 3.74. The maximum atomic E-state index is 13.2. The quantitative estimate of drug-likeness (QED) is 0.778. The van der Waals surface area contributed by atoms with Gasteiger partial charge in [0, 0.05) is 0 Å². The van der Waals surface area contributed by atoms with Crippen LogP contribution >= 0.6 is 0 Å². The molecule has 1 aromatic carbocycles. The third kappa shape index (κ3) is 2.50. The number of carbonyl (C=O) groups excluding carboxylic acids is 1. The van der Waals surface area contributed by atoms with Crippen molar-refractivity contribution in [3.8, 4) is 0 Å². The molecule has 0 aromatic heterocycles. The molecule has 0 aliphatic carbocycles. The van der Waals surface area contributed by atoms with Crippen molar-refractivity contribution in [1.82, 2.24) is 0 Å². The number of hydrogen-bond acceptors (Lipinski definition) is 3. The number of hydrogen-bond donors (Lipinski definition) is 1. The Balaban J connectivity index is 3.00. The van der Waals surface area contributed by atoms with Gasteiger partial charge < -0.3 is 10.5 Å². The zero-order chi connectivity index (χ0) is 11.4. The summed E-state index contributed by atoms with van der Waals surface area (Å²) in [5.74, 6) is -2.55. The van der Waals surface area contributed by atoms with Gasteiger partial charge in [-0.1, -0.05) is 6.07 Å². The van der Waals surface area contributed by atoms with Crippen LogP contribution < -0.4 is 5.73 Å². The lowest BCUT2D eigenvalue weighted by Crippen LogP contribution is -2.25. The molecule has 5 heteroatoms. The minimum absolute atomic E-state index is 0.114. The number of carbonyl (C=O) groups is 1. The molecule has 3 nitrogen and oxygen atoms in total. The lowest BCUT2D eigenvalue weighted by atomic mass is 10.1. The standard InChI is InChI=1S/C10H11F2NO2/c1-2-15-10(14)9(13)8-6(11)4-3-5-7(8)12/h3-5,9H,2,13H2,1H3. The first kappa shape index (κ1) is 11.6. The number of benzene rings is 1. The van der Waals surface area contributed by atoms with Crippen molar-refractivity contribution in [1.29, 1.82) is 0 Å². The molecule has 0 aliphatic heterocycles. The van der Waals surface area contributed by atoms with E-state index in [1.807, 2.05) is 0 Å². The SMILES string of the molecule is CCOC(=O)C(N)c1c(F)cccc1F. The first-order chi connectivity index (χ1) is 7.07. The van der Waals surface area contributed by atoms with E-state index in [4.69, 9.17) is 5.73 Å². The van der Waals surface area contributed by atoms with Crippen LogP contribution in [0.15, 0.2) is 18.2 Å². The molecule has 15 heavy (non-hydrogen) atoms. The lowest BCUT2D eigenvalue weighted by Gasteiger charge is -2.12. The molecule has 1 aromatic rings. The van der Waals surface area contributed by atoms with Crippen LogP contribution in [-0.2, 0) is 9.53 Å². The zero-order valence-electron chi connectivity index (χ0n) is 8.17. The maximum absolute atomic E-state index is 13.2. The van der Waals surface area contributed by atoms with Crippen LogP contribution in [0, 0.1) is 11.6 Å². The highest BCUT2D eigenvalue weighted by Gasteiger charge is 2.23. The second-order valence-corrected chi connectivity index (χ2v) is 2.87. The summed E-state index contributed by atoms with van der Waals surface area (Å²) in [7, 11) is 0. The third-order valence-corrected chi connectivity index (χ3v) is 1.85. The number of halogens is 2. The fraction of sp³-hybridized carbons (Fsp3) is 0.300. The second kappa shape index (κ2) is 4.84. The molecule has 2 N–H and O–H groups in total. The first-order valence-electron chi connectivity index (χ1n) is 4.44. The van der Waals surface area contributed by atoms with Crippen LogP contribution in [0.25, 0.3) is 0 Å². The fourth-order valence-electron chi connectivity index (χ4n) is 1.16. The topological polar surface area (TPSA) is 52.3 Å². The molecule has 0 saturated carbocycles. The largest absolute Gasteiger partial charge is 0.465 e. The van der Waals surface area contributed by atoms with Gasteiger partial charge in [0.15, 0.2) is 0 Å². The minimum Gasteiger partial charge on any atom is -0.465 e. The maximum Gasteiger partial charge on any atom is 0.327 e. The Hall–Kier alpha value is -1.49. The Morgan fingerprint density at radius 3 is 2.47 bits per heavy atom. The van der Waals surface area contributed by atoms with Crippen LogP contribution in [-0.4, -0.2) is 12.6 Å². The van der Waals surface area contributed by atoms with Gasteiger partial charge in [-0.25, -0.2) is 13.6 Å². The average molecular weight is 215 g/mol. The van der Waals surface area contributed by atoms with Gasteiger partial charge >= 0.3 is 5.97 Å². The average Bonchev–Trinajstić information content (AvgIpc) is 2.17. The molecule has 1 unspecified atom stereocenters. The molecule has 0 bridgehead atoms. The van der Waals surface area contributed by atoms with E-state index in [0.29, 0.717) is 0 Å². The molecule has 0 heterocycles. The predicted molar refractivity (Wildman–Crippen MR) is 49.9 cm³/mol. The van der Waals surface area contributed by atoms with Gasteiger partial charge in [0.2, 0.25) is 0 Å². The Bertz CT molecular complexity index is 348. The van der Waals surface area contributed by atoms with E-state index in [0.717, 1.165) is 12.1 Å². The van der Waals surface area contributed by atoms with Crippen LogP contribution in [0.5, 0.6) is 0 Å². The Morgan fingerprint density at radius 2 is 2.00 bits per heavy atom. The molecule has 1 atom stereocenters. The van der Waals surface area contributed by atoms with Crippen molar-refractivity contribution in [3.63, 3.8) is 0 Å². The monoisotopic (exact) mass is 215 g/mol.